The van der Waals surface area contributed by atoms with Gasteiger partial charge in [-0.3, -0.25) is 0 Å². The van der Waals surface area contributed by atoms with Crippen LogP contribution in [0.2, 0.25) is 0 Å². The topological polar surface area (TPSA) is 35.2 Å². The third kappa shape index (κ3) is 1.90. The molecule has 2 nitrogen and oxygen atoms in total. The van der Waals surface area contributed by atoms with Crippen LogP contribution in [-0.4, -0.2) is 12.6 Å². The zero-order valence-electron chi connectivity index (χ0n) is 8.62. The largest absolute Gasteiger partial charge is 0.494 e. The zero-order chi connectivity index (χ0) is 9.97. The maximum Gasteiger partial charge on any atom is 0.119 e. The van der Waals surface area contributed by atoms with Gasteiger partial charge in [-0.05, 0) is 42.5 Å². The first-order valence-electron chi connectivity index (χ1n) is 5.29. The van der Waals surface area contributed by atoms with E-state index in [-0.39, 0.29) is 0 Å². The van der Waals surface area contributed by atoms with Crippen LogP contribution in [-0.2, 0) is 12.8 Å². The van der Waals surface area contributed by atoms with Crippen LogP contribution in [0.4, 0.5) is 0 Å². The lowest BCUT2D eigenvalue weighted by molar-refractivity contribution is 0.317. The average Bonchev–Trinajstić information content (AvgIpc) is 2.54. The van der Waals surface area contributed by atoms with E-state index in [1.807, 2.05) is 6.07 Å². The van der Waals surface area contributed by atoms with E-state index in [1.165, 1.54) is 11.1 Å². The molecule has 0 amide bonds. The highest BCUT2D eigenvalue weighted by Gasteiger charge is 2.18. The summed E-state index contributed by atoms with van der Waals surface area (Å²) in [6.07, 6.45) is 3.07. The maximum absolute atomic E-state index is 5.89. The van der Waals surface area contributed by atoms with Gasteiger partial charge in [0, 0.05) is 6.04 Å². The van der Waals surface area contributed by atoms with Gasteiger partial charge in [-0.1, -0.05) is 13.0 Å². The maximum atomic E-state index is 5.89. The number of rotatable bonds is 3. The molecule has 14 heavy (non-hydrogen) atoms. The summed E-state index contributed by atoms with van der Waals surface area (Å²) in [4.78, 5) is 0. The van der Waals surface area contributed by atoms with Crippen LogP contribution in [0.3, 0.4) is 0 Å². The summed E-state index contributed by atoms with van der Waals surface area (Å²) in [5, 5.41) is 0. The first kappa shape index (κ1) is 9.53. The molecule has 1 aliphatic rings. The molecule has 0 heterocycles. The van der Waals surface area contributed by atoms with Gasteiger partial charge in [-0.2, -0.15) is 0 Å². The highest BCUT2D eigenvalue weighted by atomic mass is 16.5. The highest BCUT2D eigenvalue weighted by Crippen LogP contribution is 2.25. The molecule has 2 rings (SSSR count). The molecule has 1 atom stereocenters. The van der Waals surface area contributed by atoms with Gasteiger partial charge in [0.2, 0.25) is 0 Å². The first-order valence-corrected chi connectivity index (χ1v) is 5.29. The number of nitrogens with two attached hydrogens (primary N) is 1. The molecular formula is C12H17NO. The van der Waals surface area contributed by atoms with Crippen molar-refractivity contribution in [1.29, 1.82) is 0 Å². The summed E-state index contributed by atoms with van der Waals surface area (Å²) < 4.78 is 5.57. The molecule has 1 aliphatic carbocycles. The fraction of sp³-hybridized carbons (Fsp3) is 0.500. The lowest BCUT2D eigenvalue weighted by Gasteiger charge is -2.06. The van der Waals surface area contributed by atoms with Crippen molar-refractivity contribution >= 4 is 0 Å². The molecule has 0 fully saturated rings. The van der Waals surface area contributed by atoms with Gasteiger partial charge in [0.05, 0.1) is 6.61 Å². The van der Waals surface area contributed by atoms with Crippen molar-refractivity contribution in [3.63, 3.8) is 0 Å². The fourth-order valence-electron chi connectivity index (χ4n) is 1.94. The number of hydrogen-bond donors (Lipinski definition) is 1. The molecular weight excluding hydrogens is 174 g/mol. The molecule has 0 aliphatic heterocycles. The molecule has 0 spiro atoms. The number of hydrogen-bond acceptors (Lipinski definition) is 2. The smallest absolute Gasteiger partial charge is 0.119 e. The number of fused-ring (bicyclic) bond motifs is 1. The van der Waals surface area contributed by atoms with E-state index >= 15 is 0 Å². The van der Waals surface area contributed by atoms with Crippen molar-refractivity contribution in [1.82, 2.24) is 0 Å². The Morgan fingerprint density at radius 1 is 1.36 bits per heavy atom. The van der Waals surface area contributed by atoms with Crippen LogP contribution in [0.5, 0.6) is 5.75 Å². The third-order valence-electron chi connectivity index (χ3n) is 2.61. The quantitative estimate of drug-likeness (QED) is 0.792. The lowest BCUT2D eigenvalue weighted by Crippen LogP contribution is -2.18. The molecule has 0 bridgehead atoms. The molecule has 1 unspecified atom stereocenters. The number of benzene rings is 1. The van der Waals surface area contributed by atoms with Gasteiger partial charge >= 0.3 is 0 Å². The van der Waals surface area contributed by atoms with E-state index in [9.17, 15) is 0 Å². The Bertz CT molecular complexity index is 322. The second kappa shape index (κ2) is 4.01. The van der Waals surface area contributed by atoms with Crippen LogP contribution in [0.1, 0.15) is 24.5 Å². The van der Waals surface area contributed by atoms with Crippen molar-refractivity contribution < 1.29 is 4.74 Å². The molecule has 0 saturated heterocycles. The van der Waals surface area contributed by atoms with Gasteiger partial charge in [-0.15, -0.1) is 0 Å². The summed E-state index contributed by atoms with van der Waals surface area (Å²) in [5.41, 5.74) is 8.65. The predicted molar refractivity (Wildman–Crippen MR) is 57.6 cm³/mol. The van der Waals surface area contributed by atoms with E-state index in [1.54, 1.807) is 0 Å². The van der Waals surface area contributed by atoms with Gasteiger partial charge in [0.15, 0.2) is 0 Å². The Hall–Kier alpha value is -1.02. The molecule has 1 aromatic carbocycles. The lowest BCUT2D eigenvalue weighted by atomic mass is 10.1. The Kier molecular flexibility index (Phi) is 2.73. The van der Waals surface area contributed by atoms with Gasteiger partial charge in [0.25, 0.3) is 0 Å². The molecule has 0 saturated carbocycles. The minimum absolute atomic E-state index is 0.312. The van der Waals surface area contributed by atoms with Crippen molar-refractivity contribution in [2.75, 3.05) is 6.61 Å². The Morgan fingerprint density at radius 3 is 2.93 bits per heavy atom. The Labute approximate surface area is 85.1 Å². The third-order valence-corrected chi connectivity index (χ3v) is 2.61. The Balaban J connectivity index is 2.12. The van der Waals surface area contributed by atoms with Crippen LogP contribution >= 0.6 is 0 Å². The summed E-state index contributed by atoms with van der Waals surface area (Å²) in [6.45, 7) is 2.91. The van der Waals surface area contributed by atoms with Crippen molar-refractivity contribution in [3.8, 4) is 5.75 Å². The second-order valence-electron chi connectivity index (χ2n) is 3.95. The summed E-state index contributed by atoms with van der Waals surface area (Å²) >= 11 is 0. The average molecular weight is 191 g/mol. The van der Waals surface area contributed by atoms with Gasteiger partial charge < -0.3 is 10.5 Å². The van der Waals surface area contributed by atoms with E-state index in [0.717, 1.165) is 31.6 Å². The standard InChI is InChI=1S/C12H17NO/c1-2-5-14-12-4-3-9-6-11(13)7-10(9)8-12/h3-4,8,11H,2,5-7,13H2,1H3. The molecule has 76 valence electrons. The van der Waals surface area contributed by atoms with Crippen molar-refractivity contribution in [2.45, 2.75) is 32.2 Å². The van der Waals surface area contributed by atoms with E-state index in [2.05, 4.69) is 19.1 Å². The minimum atomic E-state index is 0.312. The van der Waals surface area contributed by atoms with Crippen molar-refractivity contribution in [3.05, 3.63) is 29.3 Å². The van der Waals surface area contributed by atoms with E-state index in [4.69, 9.17) is 10.5 Å². The minimum Gasteiger partial charge on any atom is -0.494 e. The fourth-order valence-corrected chi connectivity index (χ4v) is 1.94. The summed E-state index contributed by atoms with van der Waals surface area (Å²) in [6, 6.07) is 6.64. The molecule has 0 aromatic heterocycles. The first-order chi connectivity index (χ1) is 6.79. The predicted octanol–water partition coefficient (Wildman–Crippen LogP) is 1.90. The number of ether oxygens (including phenoxy) is 1. The molecule has 2 heteroatoms. The van der Waals surface area contributed by atoms with Gasteiger partial charge in [0.1, 0.15) is 5.75 Å². The normalized spacial score (nSPS) is 19.4. The van der Waals surface area contributed by atoms with Crippen LogP contribution < -0.4 is 10.5 Å². The zero-order valence-corrected chi connectivity index (χ0v) is 8.62. The SMILES string of the molecule is CCCOc1ccc2c(c1)CC(N)C2. The Morgan fingerprint density at radius 2 is 2.14 bits per heavy atom. The molecule has 1 aromatic rings. The van der Waals surface area contributed by atoms with E-state index in [0.29, 0.717) is 6.04 Å². The molecule has 2 N–H and O–H groups in total. The monoisotopic (exact) mass is 191 g/mol. The summed E-state index contributed by atoms with van der Waals surface area (Å²) in [5.74, 6) is 0.986. The van der Waals surface area contributed by atoms with Crippen molar-refractivity contribution in [2.24, 2.45) is 5.73 Å². The van der Waals surface area contributed by atoms with Crippen LogP contribution in [0.25, 0.3) is 0 Å². The van der Waals surface area contributed by atoms with Gasteiger partial charge in [-0.25, -0.2) is 0 Å². The van der Waals surface area contributed by atoms with Crippen LogP contribution in [0.15, 0.2) is 18.2 Å². The van der Waals surface area contributed by atoms with E-state index < -0.39 is 0 Å². The van der Waals surface area contributed by atoms with Crippen LogP contribution in [0, 0.1) is 0 Å². The highest BCUT2D eigenvalue weighted by molar-refractivity contribution is 5.39. The molecule has 0 radical (unpaired) electrons. The second-order valence-corrected chi connectivity index (χ2v) is 3.95. The summed E-state index contributed by atoms with van der Waals surface area (Å²) in [7, 11) is 0.